The number of piperidine rings is 1. The molecule has 1 heterocycles. The van der Waals surface area contributed by atoms with Gasteiger partial charge in [-0.2, -0.15) is 0 Å². The molecule has 0 aromatic rings. The molecule has 5 nitrogen and oxygen atoms in total. The van der Waals surface area contributed by atoms with Gasteiger partial charge in [-0.1, -0.05) is 13.8 Å². The first-order valence-electron chi connectivity index (χ1n) is 6.23. The summed E-state index contributed by atoms with van der Waals surface area (Å²) in [5.74, 6) is 0.277. The second kappa shape index (κ2) is 6.00. The topological polar surface area (TPSA) is 75.4 Å². The Morgan fingerprint density at radius 1 is 1.29 bits per heavy atom. The summed E-state index contributed by atoms with van der Waals surface area (Å²) in [6.45, 7) is 5.16. The fourth-order valence-corrected chi connectivity index (χ4v) is 2.06. The number of carbonyl (C=O) groups is 2. The van der Waals surface area contributed by atoms with Crippen LogP contribution in [0.5, 0.6) is 0 Å². The summed E-state index contributed by atoms with van der Waals surface area (Å²) < 4.78 is 0. The maximum absolute atomic E-state index is 12.0. The predicted octanol–water partition coefficient (Wildman–Crippen LogP) is -0.0457. The Morgan fingerprint density at radius 2 is 1.82 bits per heavy atom. The van der Waals surface area contributed by atoms with Crippen LogP contribution in [-0.4, -0.2) is 42.9 Å². The van der Waals surface area contributed by atoms with E-state index in [0.29, 0.717) is 13.1 Å². The zero-order valence-corrected chi connectivity index (χ0v) is 10.9. The highest BCUT2D eigenvalue weighted by atomic mass is 16.2. The quantitative estimate of drug-likeness (QED) is 0.727. The first kappa shape index (κ1) is 14.0. The van der Waals surface area contributed by atoms with Gasteiger partial charge < -0.3 is 16.0 Å². The van der Waals surface area contributed by atoms with Gasteiger partial charge in [0.25, 0.3) is 0 Å². The third-order valence-electron chi connectivity index (χ3n) is 3.43. The SMILES string of the molecule is CNC(=O)C1CCN(C(=O)C(N)C(C)C)CC1. The van der Waals surface area contributed by atoms with E-state index in [4.69, 9.17) is 5.73 Å². The molecule has 0 radical (unpaired) electrons. The van der Waals surface area contributed by atoms with Gasteiger partial charge in [0.1, 0.15) is 0 Å². The van der Waals surface area contributed by atoms with Crippen molar-refractivity contribution in [3.63, 3.8) is 0 Å². The average Bonchev–Trinajstić information content (AvgIpc) is 2.36. The first-order valence-corrected chi connectivity index (χ1v) is 6.23. The molecule has 17 heavy (non-hydrogen) atoms. The molecule has 2 amide bonds. The maximum atomic E-state index is 12.0. The number of nitrogens with one attached hydrogen (secondary N) is 1. The van der Waals surface area contributed by atoms with Crippen molar-refractivity contribution in [3.05, 3.63) is 0 Å². The van der Waals surface area contributed by atoms with Gasteiger partial charge in [-0.15, -0.1) is 0 Å². The fourth-order valence-electron chi connectivity index (χ4n) is 2.06. The molecule has 5 heteroatoms. The predicted molar refractivity (Wildman–Crippen MR) is 66.2 cm³/mol. The Balaban J connectivity index is 2.47. The lowest BCUT2D eigenvalue weighted by Gasteiger charge is -2.33. The summed E-state index contributed by atoms with van der Waals surface area (Å²) >= 11 is 0. The molecule has 0 aromatic carbocycles. The second-order valence-corrected chi connectivity index (χ2v) is 4.98. The van der Waals surface area contributed by atoms with Crippen LogP contribution in [0.1, 0.15) is 26.7 Å². The molecule has 98 valence electrons. The molecule has 0 aromatic heterocycles. The van der Waals surface area contributed by atoms with Crippen molar-refractivity contribution < 1.29 is 9.59 Å². The van der Waals surface area contributed by atoms with Crippen LogP contribution < -0.4 is 11.1 Å². The number of nitrogens with two attached hydrogens (primary N) is 1. The molecule has 1 atom stereocenters. The van der Waals surface area contributed by atoms with Crippen LogP contribution in [0.25, 0.3) is 0 Å². The first-order chi connectivity index (χ1) is 7.97. The minimum absolute atomic E-state index is 0.00959. The van der Waals surface area contributed by atoms with Crippen molar-refractivity contribution in [2.75, 3.05) is 20.1 Å². The summed E-state index contributed by atoms with van der Waals surface area (Å²) in [6.07, 6.45) is 1.46. The van der Waals surface area contributed by atoms with Crippen LogP contribution in [0.15, 0.2) is 0 Å². The van der Waals surface area contributed by atoms with Gasteiger partial charge in [0.2, 0.25) is 11.8 Å². The molecule has 1 aliphatic rings. The van der Waals surface area contributed by atoms with Crippen LogP contribution in [0.4, 0.5) is 0 Å². The van der Waals surface area contributed by atoms with Crippen molar-refractivity contribution in [1.29, 1.82) is 0 Å². The second-order valence-electron chi connectivity index (χ2n) is 4.98. The molecule has 1 rings (SSSR count). The molecule has 0 saturated carbocycles. The minimum atomic E-state index is -0.424. The van der Waals surface area contributed by atoms with E-state index in [2.05, 4.69) is 5.32 Å². The minimum Gasteiger partial charge on any atom is -0.359 e. The lowest BCUT2D eigenvalue weighted by atomic mass is 9.94. The highest BCUT2D eigenvalue weighted by Gasteiger charge is 2.29. The fraction of sp³-hybridized carbons (Fsp3) is 0.833. The van der Waals surface area contributed by atoms with Gasteiger partial charge >= 0.3 is 0 Å². The highest BCUT2D eigenvalue weighted by molar-refractivity contribution is 5.83. The van der Waals surface area contributed by atoms with E-state index in [0.717, 1.165) is 12.8 Å². The van der Waals surface area contributed by atoms with Gasteiger partial charge in [0.05, 0.1) is 6.04 Å². The molecular formula is C12H23N3O2. The molecule has 0 spiro atoms. The average molecular weight is 241 g/mol. The lowest BCUT2D eigenvalue weighted by Crippen LogP contribution is -2.50. The third kappa shape index (κ3) is 3.43. The largest absolute Gasteiger partial charge is 0.359 e. The van der Waals surface area contributed by atoms with Crippen LogP contribution in [0.2, 0.25) is 0 Å². The number of nitrogens with zero attached hydrogens (tertiary/aromatic N) is 1. The van der Waals surface area contributed by atoms with Crippen molar-refractivity contribution in [2.24, 2.45) is 17.6 Å². The number of likely N-dealkylation sites (tertiary alicyclic amines) is 1. The summed E-state index contributed by atoms with van der Waals surface area (Å²) in [5.41, 5.74) is 5.84. The van der Waals surface area contributed by atoms with E-state index >= 15 is 0 Å². The Morgan fingerprint density at radius 3 is 2.24 bits per heavy atom. The Bertz CT molecular complexity index is 283. The van der Waals surface area contributed by atoms with Gasteiger partial charge in [0.15, 0.2) is 0 Å². The summed E-state index contributed by atoms with van der Waals surface area (Å²) in [4.78, 5) is 25.2. The summed E-state index contributed by atoms with van der Waals surface area (Å²) in [5, 5.41) is 2.65. The number of amides is 2. The third-order valence-corrected chi connectivity index (χ3v) is 3.43. The van der Waals surface area contributed by atoms with Gasteiger partial charge in [-0.3, -0.25) is 9.59 Å². The van der Waals surface area contributed by atoms with E-state index in [9.17, 15) is 9.59 Å². The number of hydrogen-bond acceptors (Lipinski definition) is 3. The molecule has 3 N–H and O–H groups in total. The van der Waals surface area contributed by atoms with Crippen molar-refractivity contribution in [1.82, 2.24) is 10.2 Å². The molecule has 0 bridgehead atoms. The van der Waals surface area contributed by atoms with Crippen LogP contribution >= 0.6 is 0 Å². The zero-order chi connectivity index (χ0) is 13.0. The maximum Gasteiger partial charge on any atom is 0.239 e. The van der Waals surface area contributed by atoms with Gasteiger partial charge in [-0.05, 0) is 18.8 Å². The van der Waals surface area contributed by atoms with E-state index in [1.807, 2.05) is 13.8 Å². The van der Waals surface area contributed by atoms with Crippen molar-refractivity contribution in [2.45, 2.75) is 32.7 Å². The van der Waals surface area contributed by atoms with Crippen LogP contribution in [0.3, 0.4) is 0 Å². The molecule has 1 fully saturated rings. The Labute approximate surface area is 103 Å². The van der Waals surface area contributed by atoms with Crippen LogP contribution in [0, 0.1) is 11.8 Å². The molecule has 0 aliphatic carbocycles. The lowest BCUT2D eigenvalue weighted by molar-refractivity contribution is -0.137. The summed E-state index contributed by atoms with van der Waals surface area (Å²) in [7, 11) is 1.65. The molecule has 1 aliphatic heterocycles. The smallest absolute Gasteiger partial charge is 0.239 e. The highest BCUT2D eigenvalue weighted by Crippen LogP contribution is 2.18. The normalized spacial score (nSPS) is 19.2. The summed E-state index contributed by atoms with van der Waals surface area (Å²) in [6, 6.07) is -0.424. The monoisotopic (exact) mass is 241 g/mol. The zero-order valence-electron chi connectivity index (χ0n) is 10.9. The number of hydrogen-bond donors (Lipinski definition) is 2. The molecule has 1 saturated heterocycles. The number of carbonyl (C=O) groups excluding carboxylic acids is 2. The van der Waals surface area contributed by atoms with E-state index in [1.165, 1.54) is 0 Å². The molecular weight excluding hydrogens is 218 g/mol. The van der Waals surface area contributed by atoms with E-state index < -0.39 is 6.04 Å². The van der Waals surface area contributed by atoms with Gasteiger partial charge in [0, 0.05) is 26.1 Å². The Hall–Kier alpha value is -1.10. The van der Waals surface area contributed by atoms with E-state index in [1.54, 1.807) is 11.9 Å². The molecule has 1 unspecified atom stereocenters. The van der Waals surface area contributed by atoms with Crippen LogP contribution in [-0.2, 0) is 9.59 Å². The van der Waals surface area contributed by atoms with Crippen molar-refractivity contribution >= 4 is 11.8 Å². The number of rotatable bonds is 3. The Kier molecular flexibility index (Phi) is 4.93. The standard InChI is InChI=1S/C12H23N3O2/c1-8(2)10(13)12(17)15-6-4-9(5-7-15)11(16)14-3/h8-10H,4-7,13H2,1-3H3,(H,14,16). The van der Waals surface area contributed by atoms with E-state index in [-0.39, 0.29) is 23.7 Å². The van der Waals surface area contributed by atoms with Gasteiger partial charge in [-0.25, -0.2) is 0 Å². The van der Waals surface area contributed by atoms with Crippen molar-refractivity contribution in [3.8, 4) is 0 Å².